The van der Waals surface area contributed by atoms with Crippen LogP contribution in [0, 0.1) is 19.3 Å². The van der Waals surface area contributed by atoms with Gasteiger partial charge in [-0.25, -0.2) is 9.24 Å². The van der Waals surface area contributed by atoms with Crippen LogP contribution in [-0.2, 0) is 6.61 Å². The fourth-order valence-electron chi connectivity index (χ4n) is 1.67. The average Bonchev–Trinajstić information content (AvgIpc) is 2.41. The van der Waals surface area contributed by atoms with Crippen LogP contribution in [0.3, 0.4) is 0 Å². The highest BCUT2D eigenvalue weighted by molar-refractivity contribution is 5.54. The van der Waals surface area contributed by atoms with Gasteiger partial charge in [0.05, 0.1) is 13.2 Å². The van der Waals surface area contributed by atoms with Gasteiger partial charge in [0.2, 0.25) is 0 Å². The van der Waals surface area contributed by atoms with Gasteiger partial charge in [0.25, 0.3) is 0 Å². The second kappa shape index (κ2) is 5.51. The Morgan fingerprint density at radius 1 is 1.26 bits per heavy atom. The molecule has 0 radical (unpaired) electrons. The summed E-state index contributed by atoms with van der Waals surface area (Å²) < 4.78 is 19.1. The molecule has 96 valence electrons. The van der Waals surface area contributed by atoms with Gasteiger partial charge < -0.3 is 9.84 Å². The first kappa shape index (κ1) is 13.1. The van der Waals surface area contributed by atoms with Crippen LogP contribution >= 0.6 is 0 Å². The zero-order valence-electron chi connectivity index (χ0n) is 10.4. The minimum absolute atomic E-state index is 0.0900. The molecule has 0 atom stereocenters. The summed E-state index contributed by atoms with van der Waals surface area (Å²) in [5.74, 6) is 0.0335. The Bertz CT molecular complexity index is 647. The van der Waals surface area contributed by atoms with Gasteiger partial charge in [-0.15, -0.1) is 0 Å². The highest BCUT2D eigenvalue weighted by Gasteiger charge is 2.07. The molecule has 2 aromatic carbocycles. The smallest absolute Gasteiger partial charge is 0.190 e. The minimum atomic E-state index is -0.529. The van der Waals surface area contributed by atoms with Crippen LogP contribution in [0.4, 0.5) is 10.1 Å². The first-order valence-electron chi connectivity index (χ1n) is 5.69. The topological polar surface area (TPSA) is 33.8 Å². The Labute approximate surface area is 110 Å². The average molecular weight is 257 g/mol. The van der Waals surface area contributed by atoms with E-state index in [1.54, 1.807) is 31.2 Å². The van der Waals surface area contributed by atoms with Crippen molar-refractivity contribution < 1.29 is 14.2 Å². The highest BCUT2D eigenvalue weighted by Crippen LogP contribution is 2.29. The lowest BCUT2D eigenvalue weighted by Crippen LogP contribution is -1.91. The molecule has 3 nitrogen and oxygen atoms in total. The summed E-state index contributed by atoms with van der Waals surface area (Å²) in [4.78, 5) is 3.35. The molecule has 0 spiro atoms. The summed E-state index contributed by atoms with van der Waals surface area (Å²) in [5, 5.41) is 8.90. The van der Waals surface area contributed by atoms with Crippen molar-refractivity contribution in [2.24, 2.45) is 0 Å². The van der Waals surface area contributed by atoms with E-state index in [-0.39, 0.29) is 12.4 Å². The van der Waals surface area contributed by atoms with Gasteiger partial charge in [0, 0.05) is 0 Å². The Morgan fingerprint density at radius 2 is 2.05 bits per heavy atom. The summed E-state index contributed by atoms with van der Waals surface area (Å²) >= 11 is 0. The van der Waals surface area contributed by atoms with Gasteiger partial charge in [-0.2, -0.15) is 0 Å². The van der Waals surface area contributed by atoms with Gasteiger partial charge in [-0.3, -0.25) is 0 Å². The van der Waals surface area contributed by atoms with Crippen molar-refractivity contribution in [3.8, 4) is 11.5 Å². The van der Waals surface area contributed by atoms with E-state index < -0.39 is 5.82 Å². The van der Waals surface area contributed by atoms with Crippen molar-refractivity contribution in [3.63, 3.8) is 0 Å². The third-order valence-electron chi connectivity index (χ3n) is 2.70. The van der Waals surface area contributed by atoms with E-state index in [0.29, 0.717) is 17.0 Å². The molecule has 0 aliphatic heterocycles. The van der Waals surface area contributed by atoms with E-state index in [1.807, 2.05) is 0 Å². The van der Waals surface area contributed by atoms with Crippen molar-refractivity contribution in [1.82, 2.24) is 0 Å². The molecule has 0 heterocycles. The van der Waals surface area contributed by atoms with E-state index in [9.17, 15) is 4.39 Å². The van der Waals surface area contributed by atoms with E-state index in [0.717, 1.165) is 5.56 Å². The molecule has 2 rings (SSSR count). The molecular weight excluding hydrogens is 245 g/mol. The largest absolute Gasteiger partial charge is 0.454 e. The number of nitrogens with zero attached hydrogens (tertiary/aromatic N) is 1. The van der Waals surface area contributed by atoms with E-state index in [2.05, 4.69) is 4.85 Å². The summed E-state index contributed by atoms with van der Waals surface area (Å²) in [7, 11) is 0. The molecule has 0 unspecified atom stereocenters. The molecule has 0 amide bonds. The highest BCUT2D eigenvalue weighted by atomic mass is 19.1. The number of aliphatic hydroxyl groups is 1. The lowest BCUT2D eigenvalue weighted by atomic mass is 10.2. The van der Waals surface area contributed by atoms with E-state index >= 15 is 0 Å². The van der Waals surface area contributed by atoms with Gasteiger partial charge >= 0.3 is 0 Å². The number of aryl methyl sites for hydroxylation is 1. The molecule has 0 saturated heterocycles. The molecule has 0 aliphatic carbocycles. The molecule has 0 bridgehead atoms. The van der Waals surface area contributed by atoms with Crippen LogP contribution in [0.2, 0.25) is 0 Å². The molecule has 2 aromatic rings. The lowest BCUT2D eigenvalue weighted by Gasteiger charge is -2.09. The molecular formula is C15H12FNO2. The second-order valence-corrected chi connectivity index (χ2v) is 4.09. The third kappa shape index (κ3) is 2.90. The number of ether oxygens (including phenoxy) is 1. The molecule has 19 heavy (non-hydrogen) atoms. The Hall–Kier alpha value is -2.38. The van der Waals surface area contributed by atoms with Gasteiger partial charge in [0.15, 0.2) is 17.3 Å². The van der Waals surface area contributed by atoms with Crippen LogP contribution in [0.1, 0.15) is 11.1 Å². The summed E-state index contributed by atoms with van der Waals surface area (Å²) in [6.45, 7) is 8.54. The zero-order valence-corrected chi connectivity index (χ0v) is 10.4. The number of halogens is 1. The summed E-state index contributed by atoms with van der Waals surface area (Å²) in [5.41, 5.74) is 1.81. The van der Waals surface area contributed by atoms with Crippen LogP contribution in [0.25, 0.3) is 4.85 Å². The van der Waals surface area contributed by atoms with Crippen LogP contribution < -0.4 is 4.74 Å². The maximum atomic E-state index is 13.7. The number of benzene rings is 2. The normalized spacial score (nSPS) is 10.0. The number of hydrogen-bond donors (Lipinski definition) is 1. The van der Waals surface area contributed by atoms with Crippen LogP contribution in [0.15, 0.2) is 36.4 Å². The fraction of sp³-hybridized carbons (Fsp3) is 0.133. The standard InChI is InChI=1S/C15H12FNO2/c1-10-7-12(4-5-14(10)17-2)19-15-6-3-11(9-18)8-13(15)16/h3-8,18H,9H2,1H3. The SMILES string of the molecule is [C-]#[N+]c1ccc(Oc2ccc(CO)cc2F)cc1C. The van der Waals surface area contributed by atoms with Crippen molar-refractivity contribution in [1.29, 1.82) is 0 Å². The van der Waals surface area contributed by atoms with Crippen molar-refractivity contribution >= 4 is 5.69 Å². The van der Waals surface area contributed by atoms with E-state index in [4.69, 9.17) is 16.4 Å². The quantitative estimate of drug-likeness (QED) is 0.844. The minimum Gasteiger partial charge on any atom is -0.454 e. The maximum absolute atomic E-state index is 13.7. The van der Waals surface area contributed by atoms with Gasteiger partial charge in [-0.1, -0.05) is 12.1 Å². The molecule has 0 aromatic heterocycles. The monoisotopic (exact) mass is 257 g/mol. The van der Waals surface area contributed by atoms with E-state index in [1.165, 1.54) is 12.1 Å². The molecule has 0 aliphatic rings. The zero-order chi connectivity index (χ0) is 13.8. The predicted molar refractivity (Wildman–Crippen MR) is 69.8 cm³/mol. The van der Waals surface area contributed by atoms with Crippen LogP contribution in [0.5, 0.6) is 11.5 Å². The number of aliphatic hydroxyl groups excluding tert-OH is 1. The molecule has 1 N–H and O–H groups in total. The first-order chi connectivity index (χ1) is 9.13. The summed E-state index contributed by atoms with van der Waals surface area (Å²) in [6.07, 6.45) is 0. The van der Waals surface area contributed by atoms with Crippen LogP contribution in [-0.4, -0.2) is 5.11 Å². The Morgan fingerprint density at radius 3 is 2.63 bits per heavy atom. The summed E-state index contributed by atoms with van der Waals surface area (Å²) in [6, 6.07) is 9.25. The van der Waals surface area contributed by atoms with Crippen molar-refractivity contribution in [2.75, 3.05) is 0 Å². The third-order valence-corrected chi connectivity index (χ3v) is 2.70. The predicted octanol–water partition coefficient (Wildman–Crippen LogP) is 3.97. The lowest BCUT2D eigenvalue weighted by molar-refractivity contribution is 0.281. The Balaban J connectivity index is 2.26. The first-order valence-corrected chi connectivity index (χ1v) is 5.69. The van der Waals surface area contributed by atoms with Gasteiger partial charge in [0.1, 0.15) is 5.75 Å². The number of hydrogen-bond acceptors (Lipinski definition) is 2. The molecule has 0 saturated carbocycles. The maximum Gasteiger partial charge on any atom is 0.190 e. The molecule has 4 heteroatoms. The van der Waals surface area contributed by atoms with Gasteiger partial charge in [-0.05, 0) is 42.3 Å². The molecule has 0 fully saturated rings. The van der Waals surface area contributed by atoms with Crippen molar-refractivity contribution in [3.05, 3.63) is 64.8 Å². The second-order valence-electron chi connectivity index (χ2n) is 4.09. The Kier molecular flexibility index (Phi) is 3.79. The van der Waals surface area contributed by atoms with Crippen molar-refractivity contribution in [2.45, 2.75) is 13.5 Å². The number of rotatable bonds is 3. The fourth-order valence-corrected chi connectivity index (χ4v) is 1.67.